The van der Waals surface area contributed by atoms with Gasteiger partial charge in [0.05, 0.1) is 0 Å². The van der Waals surface area contributed by atoms with Crippen molar-refractivity contribution in [3.8, 4) is 0 Å². The first-order valence-electron chi connectivity index (χ1n) is 3.52. The molecule has 1 rings (SSSR count). The van der Waals surface area contributed by atoms with Crippen LogP contribution in [0.4, 0.5) is 0 Å². The Morgan fingerprint density at radius 1 is 1.38 bits per heavy atom. The Balaban J connectivity index is 0. The topological polar surface area (TPSA) is 6.48 Å². The van der Waals surface area contributed by atoms with Gasteiger partial charge in [0, 0.05) is 0 Å². The molecule has 1 aliphatic rings. The molecule has 1 saturated heterocycles. The maximum atomic E-state index is 5.32. The van der Waals surface area contributed by atoms with Crippen LogP contribution in [-0.4, -0.2) is 47.2 Å². The zero-order valence-corrected chi connectivity index (χ0v) is 11.9. The molecule has 1 heterocycles. The van der Waals surface area contributed by atoms with Gasteiger partial charge >= 0.3 is 47.3 Å². The van der Waals surface area contributed by atoms with Crippen molar-refractivity contribution in [1.29, 1.82) is 0 Å². The van der Waals surface area contributed by atoms with Crippen LogP contribution < -0.4 is 0 Å². The molecule has 0 aromatic carbocycles. The molecule has 13 heavy (non-hydrogen) atoms. The van der Waals surface area contributed by atoms with E-state index >= 15 is 0 Å². The van der Waals surface area contributed by atoms with Crippen molar-refractivity contribution in [2.45, 2.75) is 0 Å². The number of hydrogen-bond donors (Lipinski definition) is 0. The Morgan fingerprint density at radius 2 is 1.85 bits per heavy atom. The van der Waals surface area contributed by atoms with Gasteiger partial charge in [-0.25, -0.2) is 6.67 Å². The minimum absolute atomic E-state index is 0. The van der Waals surface area contributed by atoms with Crippen molar-refractivity contribution >= 4 is 25.4 Å². The number of thioether (sulfide) groups is 1. The summed E-state index contributed by atoms with van der Waals surface area (Å²) in [5, 5.41) is 0. The number of hydrogen-bond acceptors (Lipinski definition) is 3. The molecule has 5 heteroatoms. The average molecular weight is 311 g/mol. The van der Waals surface area contributed by atoms with Gasteiger partial charge in [0.15, 0.2) is 0 Å². The van der Waals surface area contributed by atoms with E-state index in [2.05, 4.69) is 30.6 Å². The molecule has 0 aromatic rings. The fourth-order valence-corrected chi connectivity index (χ4v) is 2.44. The summed E-state index contributed by atoms with van der Waals surface area (Å²) in [7, 11) is 9.49. The van der Waals surface area contributed by atoms with Crippen LogP contribution in [-0.2, 0) is 15.7 Å². The Labute approximate surface area is 98.2 Å². The van der Waals surface area contributed by atoms with Crippen molar-refractivity contribution < 1.29 is 15.7 Å². The van der Waals surface area contributed by atoms with Gasteiger partial charge in [-0.15, -0.1) is 0 Å². The third-order valence-corrected chi connectivity index (χ3v) is 4.36. The summed E-state index contributed by atoms with van der Waals surface area (Å²) in [6.07, 6.45) is 2.01. The number of halogens is 1. The van der Waals surface area contributed by atoms with Crippen molar-refractivity contribution in [2.24, 2.45) is 0 Å². The molecule has 2 nitrogen and oxygen atoms in total. The van der Waals surface area contributed by atoms with Crippen LogP contribution in [0.5, 0.6) is 0 Å². The molecule has 0 N–H and O–H groups in total. The summed E-state index contributed by atoms with van der Waals surface area (Å²) in [4.78, 5) is 4.36. The van der Waals surface area contributed by atoms with E-state index in [1.54, 1.807) is 11.8 Å². The van der Waals surface area contributed by atoms with Crippen molar-refractivity contribution in [3.63, 3.8) is 0 Å². The minimum atomic E-state index is 0. The van der Waals surface area contributed by atoms with Crippen molar-refractivity contribution in [2.75, 3.05) is 33.4 Å². The number of likely N-dealkylation sites (N-methyl/N-ethyl adjacent to an activating group) is 2. The SMILES string of the molecule is CN1[CH-]N(C)CC1.CS[CH]=[Ru][Cl].[CH3-]. The molecule has 0 atom stereocenters. The van der Waals surface area contributed by atoms with E-state index in [1.165, 1.54) is 13.1 Å². The largest absolute Gasteiger partial charge is 0.358 e. The van der Waals surface area contributed by atoms with Crippen LogP contribution in [0.25, 0.3) is 0 Å². The quantitative estimate of drug-likeness (QED) is 0.538. The zero-order chi connectivity index (χ0) is 9.40. The zero-order valence-electron chi connectivity index (χ0n) is 8.60. The first-order chi connectivity index (χ1) is 5.70. The fourth-order valence-electron chi connectivity index (χ4n) is 0.799. The maximum Gasteiger partial charge on any atom is -0.358 e. The molecular formula is C8H18ClN2RuS-2. The summed E-state index contributed by atoms with van der Waals surface area (Å²) in [6.45, 7) is 4.47. The van der Waals surface area contributed by atoms with Crippen LogP contribution >= 0.6 is 21.5 Å². The van der Waals surface area contributed by atoms with E-state index in [0.717, 1.165) is 0 Å². The van der Waals surface area contributed by atoms with Crippen molar-refractivity contribution in [3.05, 3.63) is 14.1 Å². The monoisotopic (exact) mass is 311 g/mol. The van der Waals surface area contributed by atoms with Gasteiger partial charge in [0.25, 0.3) is 0 Å². The maximum absolute atomic E-state index is 5.32. The van der Waals surface area contributed by atoms with E-state index in [0.29, 0.717) is 0 Å². The molecule has 0 unspecified atom stereocenters. The van der Waals surface area contributed by atoms with E-state index in [1.807, 2.05) is 10.2 Å². The first kappa shape index (κ1) is 16.5. The third-order valence-electron chi connectivity index (χ3n) is 1.31. The second-order valence-electron chi connectivity index (χ2n) is 2.47. The Morgan fingerprint density at radius 3 is 1.92 bits per heavy atom. The van der Waals surface area contributed by atoms with E-state index in [4.69, 9.17) is 9.69 Å². The molecule has 0 saturated carbocycles. The van der Waals surface area contributed by atoms with Gasteiger partial charge < -0.3 is 17.2 Å². The second-order valence-corrected chi connectivity index (χ2v) is 5.63. The molecule has 1 aliphatic heterocycles. The van der Waals surface area contributed by atoms with Crippen LogP contribution in [0.2, 0.25) is 0 Å². The van der Waals surface area contributed by atoms with E-state index in [-0.39, 0.29) is 23.1 Å². The molecule has 83 valence electrons. The van der Waals surface area contributed by atoms with Gasteiger partial charge in [-0.2, -0.15) is 0 Å². The predicted molar refractivity (Wildman–Crippen MR) is 61.4 cm³/mol. The predicted octanol–water partition coefficient (Wildman–Crippen LogP) is 1.78. The summed E-state index contributed by atoms with van der Waals surface area (Å²) in [6, 6.07) is 0. The average Bonchev–Trinajstić information content (AvgIpc) is 2.38. The Kier molecular flexibility index (Phi) is 14.1. The normalized spacial score (nSPS) is 18.8. The van der Waals surface area contributed by atoms with E-state index < -0.39 is 0 Å². The molecule has 1 fully saturated rings. The van der Waals surface area contributed by atoms with Gasteiger partial charge in [-0.3, -0.25) is 0 Å². The summed E-state index contributed by atoms with van der Waals surface area (Å²) >= 11 is 1.74. The Hall–Kier alpha value is 1.05. The fraction of sp³-hybridized carbons (Fsp3) is 0.625. The van der Waals surface area contributed by atoms with E-state index in [9.17, 15) is 0 Å². The molecule has 0 aliphatic carbocycles. The molecule has 0 bridgehead atoms. The summed E-state index contributed by atoms with van der Waals surface area (Å²) < 4.78 is 2.02. The van der Waals surface area contributed by atoms with Crippen LogP contribution in [0.3, 0.4) is 0 Å². The summed E-state index contributed by atoms with van der Waals surface area (Å²) in [5.41, 5.74) is 0. The first-order valence-corrected chi connectivity index (χ1v) is 8.05. The van der Waals surface area contributed by atoms with Gasteiger partial charge in [-0.1, -0.05) is 0 Å². The van der Waals surface area contributed by atoms with Gasteiger partial charge in [0.2, 0.25) is 0 Å². The van der Waals surface area contributed by atoms with Gasteiger partial charge in [0.1, 0.15) is 0 Å². The number of nitrogens with zero attached hydrogens (tertiary/aromatic N) is 2. The standard InChI is InChI=1S/C5H11N2.C2H4S.CH3.ClH.Ru/c1-6-3-4-7(2)5-6;1-3-2;;;/h5H,3-4H2,1-2H3;1H,2H3;1H3;1H;/q-1;;-1;;+1/p-1. The second kappa shape index (κ2) is 11.1. The Bertz CT molecular complexity index is 127. The molecule has 0 spiro atoms. The number of rotatable bonds is 1. The summed E-state index contributed by atoms with van der Waals surface area (Å²) in [5.74, 6) is 0. The van der Waals surface area contributed by atoms with Gasteiger partial charge in [-0.05, 0) is 27.2 Å². The molecule has 0 amide bonds. The molecule has 0 aromatic heterocycles. The smallest absolute Gasteiger partial charge is 0.358 e. The molecule has 0 radical (unpaired) electrons. The molecular weight excluding hydrogens is 293 g/mol. The minimum Gasteiger partial charge on any atom is -0.358 e. The third kappa shape index (κ3) is 11.0. The van der Waals surface area contributed by atoms with Crippen molar-refractivity contribution in [1.82, 2.24) is 9.80 Å². The van der Waals surface area contributed by atoms with Crippen LogP contribution in [0.15, 0.2) is 0 Å². The van der Waals surface area contributed by atoms with Crippen LogP contribution in [0.1, 0.15) is 0 Å². The van der Waals surface area contributed by atoms with Crippen LogP contribution in [0, 0.1) is 14.1 Å².